The van der Waals surface area contributed by atoms with Crippen molar-refractivity contribution in [2.24, 2.45) is 12.2 Å². The van der Waals surface area contributed by atoms with Gasteiger partial charge in [0.15, 0.2) is 10.8 Å². The van der Waals surface area contributed by atoms with Gasteiger partial charge >= 0.3 is 5.97 Å². The van der Waals surface area contributed by atoms with Gasteiger partial charge in [0, 0.05) is 23.9 Å². The number of anilines is 1. The molecule has 4 N–H and O–H groups in total. The van der Waals surface area contributed by atoms with Crippen LogP contribution in [0.4, 0.5) is 5.13 Å². The first kappa shape index (κ1) is 25.5. The number of nitrogen functional groups attached to an aromatic ring is 1. The van der Waals surface area contributed by atoms with E-state index in [0.29, 0.717) is 22.2 Å². The smallest absolute Gasteiger partial charge is 0.352 e. The van der Waals surface area contributed by atoms with Crippen LogP contribution in [0.2, 0.25) is 0 Å². The molecule has 17 heteroatoms. The van der Waals surface area contributed by atoms with E-state index in [1.165, 1.54) is 33.1 Å². The summed E-state index contributed by atoms with van der Waals surface area (Å²) in [6, 6.07) is -0.920. The van der Waals surface area contributed by atoms with Gasteiger partial charge in [-0.15, -0.1) is 28.2 Å². The second-order valence-electron chi connectivity index (χ2n) is 8.51. The number of aromatic nitrogens is 5. The van der Waals surface area contributed by atoms with Crippen LogP contribution in [0.1, 0.15) is 31.4 Å². The molecule has 2 amide bonds. The van der Waals surface area contributed by atoms with Crippen LogP contribution in [-0.2, 0) is 26.3 Å². The fourth-order valence-corrected chi connectivity index (χ4v) is 7.10. The number of thioether (sulfide) groups is 2. The van der Waals surface area contributed by atoms with Gasteiger partial charge in [-0.05, 0) is 41.7 Å². The highest BCUT2D eigenvalue weighted by Gasteiger charge is 2.54. The van der Waals surface area contributed by atoms with Gasteiger partial charge in [-0.2, -0.15) is 0 Å². The number of aryl methyl sites for hydroxylation is 1. The van der Waals surface area contributed by atoms with Crippen molar-refractivity contribution in [2.45, 2.75) is 48.4 Å². The summed E-state index contributed by atoms with van der Waals surface area (Å²) in [5, 5.41) is 29.7. The van der Waals surface area contributed by atoms with Gasteiger partial charge in [0.1, 0.15) is 28.9 Å². The number of carbonyl (C=O) groups is 3. The Labute approximate surface area is 223 Å². The summed E-state index contributed by atoms with van der Waals surface area (Å²) in [5.74, 6) is -1.69. The molecule has 5 rings (SSSR count). The molecule has 0 aromatic carbocycles. The molecule has 2 aromatic rings. The summed E-state index contributed by atoms with van der Waals surface area (Å²) in [7, 11) is 1.68. The first-order valence-corrected chi connectivity index (χ1v) is 14.3. The van der Waals surface area contributed by atoms with Crippen molar-refractivity contribution in [1.29, 1.82) is 0 Å². The van der Waals surface area contributed by atoms with E-state index in [-0.39, 0.29) is 28.3 Å². The average Bonchev–Trinajstić information content (AvgIpc) is 3.64. The van der Waals surface area contributed by atoms with E-state index >= 15 is 0 Å². The second-order valence-corrected chi connectivity index (χ2v) is 11.5. The zero-order chi connectivity index (χ0) is 26.1. The number of hydrogen-bond donors (Lipinski definition) is 3. The van der Waals surface area contributed by atoms with Gasteiger partial charge in [-0.25, -0.2) is 14.5 Å². The number of β-lactam (4-membered cyclic amide) rings is 1. The zero-order valence-corrected chi connectivity index (χ0v) is 22.0. The largest absolute Gasteiger partial charge is 0.477 e. The summed E-state index contributed by atoms with van der Waals surface area (Å²) in [6.07, 6.45) is 3.69. The molecule has 2 fully saturated rings. The van der Waals surface area contributed by atoms with Crippen molar-refractivity contribution in [1.82, 2.24) is 35.4 Å². The van der Waals surface area contributed by atoms with Gasteiger partial charge in [0.25, 0.3) is 11.8 Å². The van der Waals surface area contributed by atoms with E-state index in [2.05, 4.69) is 31.0 Å². The highest BCUT2D eigenvalue weighted by Crippen LogP contribution is 2.41. The maximum atomic E-state index is 13.2. The molecule has 37 heavy (non-hydrogen) atoms. The number of tetrazole rings is 1. The van der Waals surface area contributed by atoms with Crippen LogP contribution < -0.4 is 11.1 Å². The lowest BCUT2D eigenvalue weighted by atomic mass is 10.0. The molecule has 14 nitrogen and oxygen atoms in total. The minimum atomic E-state index is -1.21. The van der Waals surface area contributed by atoms with E-state index in [1.54, 1.807) is 12.4 Å². The van der Waals surface area contributed by atoms with Crippen LogP contribution in [0.25, 0.3) is 0 Å². The fraction of sp³-hybridized carbons (Fsp3) is 0.500. The molecule has 2 aliphatic heterocycles. The molecule has 196 valence electrons. The number of hydrogen-bond acceptors (Lipinski definition) is 13. The lowest BCUT2D eigenvalue weighted by Crippen LogP contribution is -2.71. The minimum absolute atomic E-state index is 0.0738. The molecular formula is C20H23N9O5S3. The first-order valence-electron chi connectivity index (χ1n) is 11.3. The summed E-state index contributed by atoms with van der Waals surface area (Å²) in [4.78, 5) is 49.3. The normalized spacial score (nSPS) is 22.1. The number of amides is 2. The third kappa shape index (κ3) is 5.15. The number of nitrogens with zero attached hydrogens (tertiary/aromatic N) is 7. The highest BCUT2D eigenvalue weighted by atomic mass is 32.2. The topological polar surface area (TPSA) is 191 Å². The highest BCUT2D eigenvalue weighted by molar-refractivity contribution is 8.01. The monoisotopic (exact) mass is 565 g/mol. The Bertz CT molecular complexity index is 1290. The standard InChI is InChI=1S/C20H23N9O5S3/c1-28-20(24-26-27-28)37-7-9-6-35-17-13(16(31)29(17)14(9)18(32)33)23-15(30)12(11-8-36-19(21)22-11)25-34-10-4-2-3-5-10/h8,10,13,17H,2-7H2,1H3,(H2,21,22)(H,23,30)(H,32,33)/b25-12-/t13?,17-/m1/s1. The number of fused-ring (bicyclic) bond motifs is 1. The molecule has 0 spiro atoms. The maximum Gasteiger partial charge on any atom is 0.352 e. The first-order chi connectivity index (χ1) is 17.8. The van der Waals surface area contributed by atoms with Gasteiger partial charge in [0.05, 0.1) is 0 Å². The SMILES string of the molecule is Cn1nnnc1SCC1=C(C(=O)O)N2C(=O)C(NC(=O)/C(=N\OC3CCCC3)c3csc(N)n3)[C@H]2SC1. The second kappa shape index (κ2) is 10.7. The Kier molecular flexibility index (Phi) is 7.34. The number of carboxylic acid groups (broad SMARTS) is 1. The number of aliphatic carboxylic acids is 1. The van der Waals surface area contributed by atoms with Crippen molar-refractivity contribution >= 4 is 63.5 Å². The Morgan fingerprint density at radius 2 is 2.16 bits per heavy atom. The van der Waals surface area contributed by atoms with Crippen molar-refractivity contribution in [2.75, 3.05) is 17.2 Å². The van der Waals surface area contributed by atoms with E-state index in [0.717, 1.165) is 37.0 Å². The van der Waals surface area contributed by atoms with Gasteiger partial charge in [-0.3, -0.25) is 14.5 Å². The van der Waals surface area contributed by atoms with Crippen molar-refractivity contribution in [3.63, 3.8) is 0 Å². The molecule has 2 aromatic heterocycles. The predicted octanol–water partition coefficient (Wildman–Crippen LogP) is 0.443. The number of thiazole rings is 1. The van der Waals surface area contributed by atoms with Crippen LogP contribution in [0, 0.1) is 0 Å². The zero-order valence-electron chi connectivity index (χ0n) is 19.6. The Morgan fingerprint density at radius 3 is 2.81 bits per heavy atom. The number of oxime groups is 1. The molecule has 1 saturated carbocycles. The molecule has 1 saturated heterocycles. The Hall–Kier alpha value is -3.18. The molecule has 0 radical (unpaired) electrons. The van der Waals surface area contributed by atoms with E-state index < -0.39 is 29.2 Å². The number of nitrogens with two attached hydrogens (primary N) is 1. The van der Waals surface area contributed by atoms with Gasteiger partial charge < -0.3 is 21.0 Å². The summed E-state index contributed by atoms with van der Waals surface area (Å²) in [6.45, 7) is 0. The van der Waals surface area contributed by atoms with Crippen LogP contribution in [0.3, 0.4) is 0 Å². The summed E-state index contributed by atoms with van der Waals surface area (Å²) >= 11 is 3.81. The van der Waals surface area contributed by atoms with Crippen LogP contribution in [0.15, 0.2) is 27.0 Å². The van der Waals surface area contributed by atoms with Gasteiger partial charge in [-0.1, -0.05) is 16.9 Å². The van der Waals surface area contributed by atoms with Crippen LogP contribution in [0.5, 0.6) is 0 Å². The van der Waals surface area contributed by atoms with Crippen molar-refractivity contribution in [3.8, 4) is 0 Å². The van der Waals surface area contributed by atoms with Gasteiger partial charge in [0.2, 0.25) is 5.16 Å². The van der Waals surface area contributed by atoms with Crippen molar-refractivity contribution < 1.29 is 24.3 Å². The number of rotatable bonds is 9. The molecule has 4 heterocycles. The lowest BCUT2D eigenvalue weighted by molar-refractivity contribution is -0.150. The summed E-state index contributed by atoms with van der Waals surface area (Å²) < 4.78 is 1.48. The third-order valence-electron chi connectivity index (χ3n) is 6.07. The molecule has 1 unspecified atom stereocenters. The van der Waals surface area contributed by atoms with Crippen LogP contribution >= 0.6 is 34.9 Å². The Morgan fingerprint density at radius 1 is 1.38 bits per heavy atom. The lowest BCUT2D eigenvalue weighted by Gasteiger charge is -2.49. The number of nitrogens with one attached hydrogen (secondary N) is 1. The van der Waals surface area contributed by atoms with Crippen molar-refractivity contribution in [3.05, 3.63) is 22.3 Å². The molecule has 3 aliphatic rings. The van der Waals surface area contributed by atoms with E-state index in [1.807, 2.05) is 0 Å². The molecule has 1 aliphatic carbocycles. The van der Waals surface area contributed by atoms with Crippen LogP contribution in [-0.4, -0.2) is 87.7 Å². The third-order valence-corrected chi connectivity index (χ3v) is 9.18. The molecule has 2 atom stereocenters. The quantitative estimate of drug-likeness (QED) is 0.165. The number of carbonyl (C=O) groups excluding carboxylic acids is 2. The maximum absolute atomic E-state index is 13.2. The summed E-state index contributed by atoms with van der Waals surface area (Å²) in [5.41, 5.74) is 6.42. The fourth-order valence-electron chi connectivity index (χ4n) is 4.22. The Balaban J connectivity index is 1.30. The average molecular weight is 566 g/mol. The minimum Gasteiger partial charge on any atom is -0.477 e. The molecular weight excluding hydrogens is 542 g/mol. The van der Waals surface area contributed by atoms with E-state index in [9.17, 15) is 19.5 Å². The van der Waals surface area contributed by atoms with E-state index in [4.69, 9.17) is 10.6 Å². The predicted molar refractivity (Wildman–Crippen MR) is 136 cm³/mol. The number of carboxylic acids is 1. The molecule has 0 bridgehead atoms.